The monoisotopic (exact) mass is 461 g/mol. The van der Waals surface area contributed by atoms with Gasteiger partial charge in [0.05, 0.1) is 11.3 Å². The maximum absolute atomic E-state index is 13.1. The Labute approximate surface area is 194 Å². The number of nitrogens with zero attached hydrogens (tertiary/aromatic N) is 6. The molecule has 0 aliphatic carbocycles. The maximum atomic E-state index is 13.1. The first-order chi connectivity index (χ1) is 16.5. The minimum atomic E-state index is -1.21. The van der Waals surface area contributed by atoms with E-state index in [1.165, 1.54) is 0 Å². The fourth-order valence-corrected chi connectivity index (χ4v) is 3.93. The van der Waals surface area contributed by atoms with E-state index in [0.29, 0.717) is 49.3 Å². The fraction of sp³-hybridized carbons (Fsp3) is 0.227. The number of aromatic nitrogens is 5. The van der Waals surface area contributed by atoms with Gasteiger partial charge in [-0.15, -0.1) is 5.10 Å². The van der Waals surface area contributed by atoms with E-state index in [1.54, 1.807) is 33.7 Å². The summed E-state index contributed by atoms with van der Waals surface area (Å²) in [5.41, 5.74) is 2.35. The normalized spacial score (nSPS) is 13.8. The highest BCUT2D eigenvalue weighted by molar-refractivity contribution is 6.02. The lowest BCUT2D eigenvalue weighted by atomic mass is 10.1. The molecule has 1 aliphatic rings. The molecule has 0 bridgehead atoms. The van der Waals surface area contributed by atoms with Gasteiger partial charge in [-0.1, -0.05) is 12.1 Å². The van der Waals surface area contributed by atoms with Crippen molar-refractivity contribution in [1.29, 1.82) is 0 Å². The molecule has 0 unspecified atom stereocenters. The van der Waals surface area contributed by atoms with Gasteiger partial charge in [0, 0.05) is 44.1 Å². The van der Waals surface area contributed by atoms with Crippen LogP contribution in [0.5, 0.6) is 0 Å². The van der Waals surface area contributed by atoms with Crippen LogP contribution in [0.4, 0.5) is 28.1 Å². The highest BCUT2D eigenvalue weighted by Crippen LogP contribution is 2.23. The highest BCUT2D eigenvalue weighted by atomic mass is 16.4. The van der Waals surface area contributed by atoms with Gasteiger partial charge < -0.3 is 20.2 Å². The smallest absolute Gasteiger partial charge is 0.409 e. The molecule has 12 heteroatoms. The van der Waals surface area contributed by atoms with Gasteiger partial charge in [-0.25, -0.2) is 9.31 Å². The second-order valence-electron chi connectivity index (χ2n) is 7.91. The molecule has 4 N–H and O–H groups in total. The standard InChI is InChI=1S/C22H23N9O3/c1-14-13-18(27-26-14)24-19-17-7-4-8-31(17)28-21(25-19)30-11-9-29(10-12-30)20(32)15-5-2-3-6-16(15)23-22(33)34/h2-8,13,23H,9-12H2,1H3,(H,33,34)(H2,24,25,26,27,28). The zero-order valence-electron chi connectivity index (χ0n) is 18.4. The van der Waals surface area contributed by atoms with Crippen LogP contribution in [0.15, 0.2) is 48.7 Å². The molecule has 0 radical (unpaired) electrons. The summed E-state index contributed by atoms with van der Waals surface area (Å²) >= 11 is 0. The number of nitrogens with one attached hydrogen (secondary N) is 3. The van der Waals surface area contributed by atoms with E-state index in [9.17, 15) is 9.59 Å². The number of fused-ring (bicyclic) bond motifs is 1. The number of amides is 2. The number of anilines is 4. The molecular weight excluding hydrogens is 438 g/mol. The molecule has 1 aliphatic heterocycles. The summed E-state index contributed by atoms with van der Waals surface area (Å²) in [7, 11) is 0. The summed E-state index contributed by atoms with van der Waals surface area (Å²) in [6.07, 6.45) is 0.644. The van der Waals surface area contributed by atoms with E-state index >= 15 is 0 Å². The summed E-state index contributed by atoms with van der Waals surface area (Å²) in [6, 6.07) is 12.3. The highest BCUT2D eigenvalue weighted by Gasteiger charge is 2.26. The lowest BCUT2D eigenvalue weighted by Gasteiger charge is -2.35. The average Bonchev–Trinajstić information content (AvgIpc) is 3.47. The first kappa shape index (κ1) is 21.2. The first-order valence-electron chi connectivity index (χ1n) is 10.8. The molecule has 174 valence electrons. The molecule has 5 rings (SSSR count). The van der Waals surface area contributed by atoms with Crippen LogP contribution in [0.2, 0.25) is 0 Å². The topological polar surface area (TPSA) is 144 Å². The number of carboxylic acid groups (broad SMARTS) is 1. The molecule has 4 aromatic rings. The number of rotatable bonds is 5. The summed E-state index contributed by atoms with van der Waals surface area (Å²) < 4.78 is 1.76. The van der Waals surface area contributed by atoms with Crippen molar-refractivity contribution in [2.75, 3.05) is 41.7 Å². The lowest BCUT2D eigenvalue weighted by Crippen LogP contribution is -2.49. The Balaban J connectivity index is 1.33. The molecule has 2 amide bonds. The molecule has 4 heterocycles. The third-order valence-corrected chi connectivity index (χ3v) is 5.58. The SMILES string of the molecule is Cc1cc(Nc2nc(N3CCN(C(=O)c4ccccc4NC(=O)O)CC3)nn3cccc23)n[nH]1. The number of para-hydroxylation sites is 1. The second kappa shape index (κ2) is 8.73. The van der Waals surface area contributed by atoms with Crippen LogP contribution in [0, 0.1) is 6.92 Å². The van der Waals surface area contributed by atoms with Crippen LogP contribution in [-0.2, 0) is 0 Å². The quantitative estimate of drug-likeness (QED) is 0.355. The number of aryl methyl sites for hydroxylation is 1. The van der Waals surface area contributed by atoms with E-state index in [0.717, 1.165) is 11.2 Å². The first-order valence-corrected chi connectivity index (χ1v) is 10.8. The number of aromatic amines is 1. The summed E-state index contributed by atoms with van der Waals surface area (Å²) in [5.74, 6) is 1.61. The molecule has 1 fully saturated rings. The molecule has 1 aromatic carbocycles. The van der Waals surface area contributed by atoms with Gasteiger partial charge >= 0.3 is 6.09 Å². The average molecular weight is 461 g/mol. The van der Waals surface area contributed by atoms with Crippen molar-refractivity contribution in [1.82, 2.24) is 29.7 Å². The van der Waals surface area contributed by atoms with Crippen LogP contribution in [0.1, 0.15) is 16.1 Å². The van der Waals surface area contributed by atoms with Crippen LogP contribution in [-0.4, -0.2) is 73.0 Å². The van der Waals surface area contributed by atoms with Gasteiger partial charge in [-0.3, -0.25) is 15.2 Å². The van der Waals surface area contributed by atoms with E-state index in [1.807, 2.05) is 36.2 Å². The summed E-state index contributed by atoms with van der Waals surface area (Å²) in [6.45, 7) is 3.90. The Morgan fingerprint density at radius 1 is 1.09 bits per heavy atom. The van der Waals surface area contributed by atoms with Crippen molar-refractivity contribution < 1.29 is 14.7 Å². The van der Waals surface area contributed by atoms with Crippen LogP contribution >= 0.6 is 0 Å². The number of benzene rings is 1. The Morgan fingerprint density at radius 2 is 1.88 bits per heavy atom. The van der Waals surface area contributed by atoms with Gasteiger partial charge in [0.1, 0.15) is 5.52 Å². The second-order valence-corrected chi connectivity index (χ2v) is 7.91. The van der Waals surface area contributed by atoms with Gasteiger partial charge in [0.15, 0.2) is 11.6 Å². The molecule has 1 saturated heterocycles. The molecule has 3 aromatic heterocycles. The Kier molecular flexibility index (Phi) is 5.46. The van der Waals surface area contributed by atoms with Gasteiger partial charge in [0.25, 0.3) is 5.91 Å². The third-order valence-electron chi connectivity index (χ3n) is 5.58. The summed E-state index contributed by atoms with van der Waals surface area (Å²) in [5, 5.41) is 26.3. The van der Waals surface area contributed by atoms with Gasteiger partial charge in [-0.05, 0) is 31.2 Å². The number of H-pyrrole nitrogens is 1. The molecule has 0 saturated carbocycles. The molecule has 12 nitrogen and oxygen atoms in total. The predicted octanol–water partition coefficient (Wildman–Crippen LogP) is 2.56. The zero-order valence-corrected chi connectivity index (χ0v) is 18.4. The minimum absolute atomic E-state index is 0.220. The van der Waals surface area contributed by atoms with Crippen molar-refractivity contribution in [2.24, 2.45) is 0 Å². The Hall–Kier alpha value is -4.61. The molecule has 34 heavy (non-hydrogen) atoms. The molecular formula is C22H23N9O3. The predicted molar refractivity (Wildman–Crippen MR) is 126 cm³/mol. The Morgan fingerprint density at radius 3 is 2.62 bits per heavy atom. The van der Waals surface area contributed by atoms with Crippen molar-refractivity contribution in [3.8, 4) is 0 Å². The third kappa shape index (κ3) is 4.20. The van der Waals surface area contributed by atoms with Crippen LogP contribution < -0.4 is 15.5 Å². The van der Waals surface area contributed by atoms with Crippen molar-refractivity contribution >= 4 is 40.8 Å². The van der Waals surface area contributed by atoms with Crippen molar-refractivity contribution in [3.05, 3.63) is 59.9 Å². The molecule has 0 spiro atoms. The van der Waals surface area contributed by atoms with E-state index in [4.69, 9.17) is 10.1 Å². The zero-order chi connectivity index (χ0) is 23.7. The van der Waals surface area contributed by atoms with Crippen LogP contribution in [0.25, 0.3) is 5.52 Å². The lowest BCUT2D eigenvalue weighted by molar-refractivity contribution is 0.0747. The number of carbonyl (C=O) groups excluding carboxylic acids is 1. The fourth-order valence-electron chi connectivity index (χ4n) is 3.93. The maximum Gasteiger partial charge on any atom is 0.409 e. The van der Waals surface area contributed by atoms with E-state index < -0.39 is 6.09 Å². The molecule has 0 atom stereocenters. The van der Waals surface area contributed by atoms with Crippen molar-refractivity contribution in [2.45, 2.75) is 6.92 Å². The minimum Gasteiger partial charge on any atom is -0.465 e. The van der Waals surface area contributed by atoms with E-state index in [-0.39, 0.29) is 11.6 Å². The number of hydrogen-bond acceptors (Lipinski definition) is 7. The van der Waals surface area contributed by atoms with Crippen molar-refractivity contribution in [3.63, 3.8) is 0 Å². The van der Waals surface area contributed by atoms with Gasteiger partial charge in [0.2, 0.25) is 5.95 Å². The number of piperazine rings is 1. The van der Waals surface area contributed by atoms with Crippen LogP contribution in [0.3, 0.4) is 0 Å². The Bertz CT molecular complexity index is 1350. The number of carbonyl (C=O) groups is 2. The summed E-state index contributed by atoms with van der Waals surface area (Å²) in [4.78, 5) is 32.6. The largest absolute Gasteiger partial charge is 0.465 e. The van der Waals surface area contributed by atoms with E-state index in [2.05, 4.69) is 25.9 Å². The van der Waals surface area contributed by atoms with Gasteiger partial charge in [-0.2, -0.15) is 10.1 Å². The number of hydrogen-bond donors (Lipinski definition) is 4.